The van der Waals surface area contributed by atoms with Crippen LogP contribution in [0.25, 0.3) is 0 Å². The Kier molecular flexibility index (Phi) is 6.84. The van der Waals surface area contributed by atoms with Gasteiger partial charge in [-0.25, -0.2) is 4.39 Å². The normalized spacial score (nSPS) is 10.3. The van der Waals surface area contributed by atoms with Gasteiger partial charge in [-0.05, 0) is 42.5 Å². The van der Waals surface area contributed by atoms with E-state index in [0.717, 1.165) is 0 Å². The van der Waals surface area contributed by atoms with Gasteiger partial charge in [0, 0.05) is 5.69 Å². The number of nitrogens with one attached hydrogen (secondary N) is 2. The summed E-state index contributed by atoms with van der Waals surface area (Å²) < 4.78 is 19.1. The first kappa shape index (κ1) is 21.8. The molecule has 0 heterocycles. The third kappa shape index (κ3) is 5.58. The summed E-state index contributed by atoms with van der Waals surface area (Å²) >= 11 is 6.00. The zero-order valence-electron chi connectivity index (χ0n) is 16.0. The third-order valence-corrected chi connectivity index (χ3v) is 4.44. The highest BCUT2D eigenvalue weighted by atomic mass is 35.5. The molecular weight excluding hydrogens is 425 g/mol. The number of primary amides is 1. The predicted octanol–water partition coefficient (Wildman–Crippen LogP) is 3.85. The second kappa shape index (κ2) is 9.73. The van der Waals surface area contributed by atoms with Crippen molar-refractivity contribution in [2.24, 2.45) is 5.73 Å². The van der Waals surface area contributed by atoms with Crippen LogP contribution in [0.5, 0.6) is 5.75 Å². The molecule has 0 spiro atoms. The lowest BCUT2D eigenvalue weighted by atomic mass is 10.1. The molecule has 0 saturated heterocycles. The van der Waals surface area contributed by atoms with E-state index in [0.29, 0.717) is 5.69 Å². The molecule has 0 aliphatic carbocycles. The molecule has 0 atom stereocenters. The quantitative estimate of drug-likeness (QED) is 0.517. The largest absolute Gasteiger partial charge is 0.483 e. The molecule has 158 valence electrons. The summed E-state index contributed by atoms with van der Waals surface area (Å²) in [5.41, 5.74) is 5.87. The maximum atomic E-state index is 13.6. The average Bonchev–Trinajstić information content (AvgIpc) is 2.74. The molecule has 0 aromatic heterocycles. The molecule has 3 aromatic carbocycles. The van der Waals surface area contributed by atoms with E-state index in [-0.39, 0.29) is 27.6 Å². The van der Waals surface area contributed by atoms with Crippen molar-refractivity contribution in [1.82, 2.24) is 0 Å². The molecule has 0 saturated carbocycles. The standard InChI is InChI=1S/C22H17ClFN3O4/c23-16-11-13(9-10-14(16)21(25)29)26-22(30)15-5-1-4-8-19(15)31-12-20(28)27-18-7-3-2-6-17(18)24/h1-11H,12H2,(H2,25,29)(H,26,30)(H,27,28). The monoisotopic (exact) mass is 441 g/mol. The number of ether oxygens (including phenoxy) is 1. The fourth-order valence-corrected chi connectivity index (χ4v) is 2.94. The molecule has 3 rings (SSSR count). The van der Waals surface area contributed by atoms with Crippen LogP contribution in [-0.4, -0.2) is 24.3 Å². The summed E-state index contributed by atoms with van der Waals surface area (Å²) in [6.45, 7) is -0.433. The number of anilines is 2. The second-order valence-corrected chi connectivity index (χ2v) is 6.73. The van der Waals surface area contributed by atoms with E-state index < -0.39 is 30.1 Å². The van der Waals surface area contributed by atoms with Crippen LogP contribution in [0.3, 0.4) is 0 Å². The van der Waals surface area contributed by atoms with Crippen LogP contribution < -0.4 is 21.1 Å². The molecule has 0 unspecified atom stereocenters. The molecule has 7 nitrogen and oxygen atoms in total. The summed E-state index contributed by atoms with van der Waals surface area (Å²) in [4.78, 5) is 36.0. The van der Waals surface area contributed by atoms with Gasteiger partial charge in [0.25, 0.3) is 11.8 Å². The minimum atomic E-state index is -0.685. The van der Waals surface area contributed by atoms with E-state index in [2.05, 4.69) is 10.6 Å². The van der Waals surface area contributed by atoms with Crippen LogP contribution >= 0.6 is 11.6 Å². The summed E-state index contributed by atoms with van der Waals surface area (Å²) in [6, 6.07) is 16.3. The number of nitrogens with two attached hydrogens (primary N) is 1. The van der Waals surface area contributed by atoms with Gasteiger partial charge in [-0.3, -0.25) is 14.4 Å². The van der Waals surface area contributed by atoms with Crippen LogP contribution in [0.15, 0.2) is 66.7 Å². The van der Waals surface area contributed by atoms with Crippen LogP contribution in [0.1, 0.15) is 20.7 Å². The zero-order chi connectivity index (χ0) is 22.4. The lowest BCUT2D eigenvalue weighted by molar-refractivity contribution is -0.118. The number of rotatable bonds is 7. The van der Waals surface area contributed by atoms with Crippen molar-refractivity contribution in [2.75, 3.05) is 17.2 Å². The van der Waals surface area contributed by atoms with Gasteiger partial charge in [0.1, 0.15) is 11.6 Å². The van der Waals surface area contributed by atoms with Crippen LogP contribution in [0.4, 0.5) is 15.8 Å². The molecule has 9 heteroatoms. The molecule has 4 N–H and O–H groups in total. The van der Waals surface area contributed by atoms with E-state index >= 15 is 0 Å². The number of carbonyl (C=O) groups is 3. The SMILES string of the molecule is NC(=O)c1ccc(NC(=O)c2ccccc2OCC(=O)Nc2ccccc2F)cc1Cl. The lowest BCUT2D eigenvalue weighted by Crippen LogP contribution is -2.22. The minimum absolute atomic E-state index is 0.0263. The summed E-state index contributed by atoms with van der Waals surface area (Å²) in [5, 5.41) is 5.13. The maximum Gasteiger partial charge on any atom is 0.262 e. The van der Waals surface area contributed by atoms with Crippen LogP contribution in [0.2, 0.25) is 5.02 Å². The molecule has 3 amide bonds. The number of hydrogen-bond acceptors (Lipinski definition) is 4. The van der Waals surface area contributed by atoms with Crippen molar-refractivity contribution in [3.05, 3.63) is 88.7 Å². The number of benzene rings is 3. The predicted molar refractivity (Wildman–Crippen MR) is 115 cm³/mol. The number of carbonyl (C=O) groups excluding carboxylic acids is 3. The molecule has 0 radical (unpaired) electrons. The zero-order valence-corrected chi connectivity index (χ0v) is 16.8. The fourth-order valence-electron chi connectivity index (χ4n) is 2.66. The number of halogens is 2. The number of amides is 3. The topological polar surface area (TPSA) is 111 Å². The van der Waals surface area contributed by atoms with Crippen molar-refractivity contribution in [2.45, 2.75) is 0 Å². The van der Waals surface area contributed by atoms with E-state index in [1.54, 1.807) is 18.2 Å². The average molecular weight is 442 g/mol. The molecule has 0 fully saturated rings. The Morgan fingerprint density at radius 2 is 1.65 bits per heavy atom. The Morgan fingerprint density at radius 3 is 2.35 bits per heavy atom. The molecule has 0 aliphatic rings. The van der Waals surface area contributed by atoms with Crippen LogP contribution in [0, 0.1) is 5.82 Å². The Labute approximate surface area is 182 Å². The molecule has 0 aliphatic heterocycles. The fraction of sp³-hybridized carbons (Fsp3) is 0.0455. The molecule has 3 aromatic rings. The van der Waals surface area contributed by atoms with E-state index in [1.807, 2.05) is 0 Å². The maximum absolute atomic E-state index is 13.6. The van der Waals surface area contributed by atoms with Gasteiger partial charge >= 0.3 is 0 Å². The van der Waals surface area contributed by atoms with E-state index in [4.69, 9.17) is 22.1 Å². The third-order valence-electron chi connectivity index (χ3n) is 4.13. The smallest absolute Gasteiger partial charge is 0.262 e. The van der Waals surface area contributed by atoms with Gasteiger partial charge in [0.15, 0.2) is 6.61 Å². The molecule has 0 bridgehead atoms. The summed E-state index contributed by atoms with van der Waals surface area (Å²) in [5.74, 6) is -2.21. The Balaban J connectivity index is 1.67. The highest BCUT2D eigenvalue weighted by Crippen LogP contribution is 2.23. The Morgan fingerprint density at radius 1 is 0.935 bits per heavy atom. The molecular formula is C22H17ClFN3O4. The van der Waals surface area contributed by atoms with Crippen molar-refractivity contribution in [1.29, 1.82) is 0 Å². The Bertz CT molecular complexity index is 1150. The Hall–Kier alpha value is -3.91. The van der Waals surface area contributed by atoms with Gasteiger partial charge in [-0.2, -0.15) is 0 Å². The first-order valence-corrected chi connectivity index (χ1v) is 9.40. The van der Waals surface area contributed by atoms with Crippen molar-refractivity contribution in [3.63, 3.8) is 0 Å². The second-order valence-electron chi connectivity index (χ2n) is 6.33. The van der Waals surface area contributed by atoms with E-state index in [9.17, 15) is 18.8 Å². The summed E-state index contributed by atoms with van der Waals surface area (Å²) in [6.07, 6.45) is 0. The first-order chi connectivity index (χ1) is 14.8. The van der Waals surface area contributed by atoms with Crippen molar-refractivity contribution in [3.8, 4) is 5.75 Å². The first-order valence-electron chi connectivity index (χ1n) is 9.02. The lowest BCUT2D eigenvalue weighted by Gasteiger charge is -2.12. The number of hydrogen-bond donors (Lipinski definition) is 3. The minimum Gasteiger partial charge on any atom is -0.483 e. The number of para-hydroxylation sites is 2. The van der Waals surface area contributed by atoms with Crippen molar-refractivity contribution < 1.29 is 23.5 Å². The highest BCUT2D eigenvalue weighted by Gasteiger charge is 2.15. The van der Waals surface area contributed by atoms with Gasteiger partial charge in [-0.1, -0.05) is 35.9 Å². The van der Waals surface area contributed by atoms with Gasteiger partial charge in [0.05, 0.1) is 21.8 Å². The summed E-state index contributed by atoms with van der Waals surface area (Å²) in [7, 11) is 0. The van der Waals surface area contributed by atoms with Crippen LogP contribution in [-0.2, 0) is 4.79 Å². The highest BCUT2D eigenvalue weighted by molar-refractivity contribution is 6.34. The van der Waals surface area contributed by atoms with Gasteiger partial charge in [-0.15, -0.1) is 0 Å². The van der Waals surface area contributed by atoms with E-state index in [1.165, 1.54) is 48.5 Å². The van der Waals surface area contributed by atoms with Crippen molar-refractivity contribution >= 4 is 40.7 Å². The van der Waals surface area contributed by atoms with Gasteiger partial charge < -0.3 is 21.1 Å². The van der Waals surface area contributed by atoms with Gasteiger partial charge in [0.2, 0.25) is 5.91 Å². The molecule has 31 heavy (non-hydrogen) atoms.